The molecular formula is C14H13N3O2S. The molecule has 2 amide bonds. The van der Waals surface area contributed by atoms with Gasteiger partial charge in [-0.1, -0.05) is 6.07 Å². The van der Waals surface area contributed by atoms with Crippen LogP contribution in [0.5, 0.6) is 0 Å². The second-order valence-corrected chi connectivity index (χ2v) is 5.45. The second kappa shape index (κ2) is 4.97. The van der Waals surface area contributed by atoms with E-state index in [9.17, 15) is 9.59 Å². The number of carbonyl (C=O) groups excluding carboxylic acids is 2. The maximum atomic E-state index is 12.2. The second-order valence-electron chi connectivity index (χ2n) is 4.53. The average molecular weight is 287 g/mol. The summed E-state index contributed by atoms with van der Waals surface area (Å²) in [6.45, 7) is 0.900. The first-order valence-electron chi connectivity index (χ1n) is 6.20. The lowest BCUT2D eigenvalue weighted by Gasteiger charge is -2.06. The molecule has 4 N–H and O–H groups in total. The predicted octanol–water partition coefficient (Wildman–Crippen LogP) is 2.07. The maximum absolute atomic E-state index is 12.2. The Labute approximate surface area is 119 Å². The average Bonchev–Trinajstić information content (AvgIpc) is 3.05. The van der Waals surface area contributed by atoms with E-state index in [1.165, 1.54) is 16.9 Å². The van der Waals surface area contributed by atoms with E-state index in [1.807, 2.05) is 12.1 Å². The maximum Gasteiger partial charge on any atom is 0.256 e. The lowest BCUT2D eigenvalue weighted by Crippen LogP contribution is -2.16. The number of rotatable bonds is 3. The van der Waals surface area contributed by atoms with Gasteiger partial charge in [0.1, 0.15) is 5.00 Å². The number of nitrogens with one attached hydrogen (secondary N) is 2. The van der Waals surface area contributed by atoms with Crippen molar-refractivity contribution in [2.75, 3.05) is 17.2 Å². The fraction of sp³-hybridized carbons (Fsp3) is 0.143. The molecule has 0 aliphatic carbocycles. The Bertz CT molecular complexity index is 693. The van der Waals surface area contributed by atoms with E-state index in [1.54, 1.807) is 17.5 Å². The molecule has 20 heavy (non-hydrogen) atoms. The van der Waals surface area contributed by atoms with Gasteiger partial charge in [-0.2, -0.15) is 0 Å². The van der Waals surface area contributed by atoms with Crippen LogP contribution in [0.4, 0.5) is 10.7 Å². The van der Waals surface area contributed by atoms with E-state index in [0.29, 0.717) is 16.1 Å². The van der Waals surface area contributed by atoms with Crippen LogP contribution < -0.4 is 16.4 Å². The number of thiophene rings is 1. The Balaban J connectivity index is 1.83. The molecular weight excluding hydrogens is 274 g/mol. The molecule has 0 saturated heterocycles. The van der Waals surface area contributed by atoms with Gasteiger partial charge in [-0.15, -0.1) is 11.3 Å². The summed E-state index contributed by atoms with van der Waals surface area (Å²) in [5.41, 5.74) is 8.36. The van der Waals surface area contributed by atoms with E-state index in [0.717, 1.165) is 18.7 Å². The number of nitrogens with two attached hydrogens (primary N) is 1. The first-order valence-corrected chi connectivity index (χ1v) is 7.08. The van der Waals surface area contributed by atoms with Gasteiger partial charge in [0.2, 0.25) is 0 Å². The highest BCUT2D eigenvalue weighted by molar-refractivity contribution is 7.14. The van der Waals surface area contributed by atoms with Gasteiger partial charge >= 0.3 is 0 Å². The van der Waals surface area contributed by atoms with Crippen molar-refractivity contribution in [3.05, 3.63) is 46.3 Å². The van der Waals surface area contributed by atoms with Crippen LogP contribution in [-0.2, 0) is 6.42 Å². The van der Waals surface area contributed by atoms with Gasteiger partial charge in [0.25, 0.3) is 11.8 Å². The molecule has 0 fully saturated rings. The molecule has 102 valence electrons. The van der Waals surface area contributed by atoms with Crippen molar-refractivity contribution < 1.29 is 9.59 Å². The predicted molar refractivity (Wildman–Crippen MR) is 79.4 cm³/mol. The Morgan fingerprint density at radius 2 is 2.15 bits per heavy atom. The summed E-state index contributed by atoms with van der Waals surface area (Å²) >= 11 is 1.28. The zero-order valence-electron chi connectivity index (χ0n) is 10.6. The molecule has 1 aliphatic rings. The summed E-state index contributed by atoms with van der Waals surface area (Å²) in [5.74, 6) is -0.788. The molecule has 2 aromatic rings. The summed E-state index contributed by atoms with van der Waals surface area (Å²) in [7, 11) is 0. The van der Waals surface area contributed by atoms with Gasteiger partial charge in [-0.25, -0.2) is 0 Å². The van der Waals surface area contributed by atoms with Crippen LogP contribution in [0.15, 0.2) is 29.6 Å². The number of hydrogen-bond donors (Lipinski definition) is 3. The first-order chi connectivity index (χ1) is 9.65. The van der Waals surface area contributed by atoms with Crippen molar-refractivity contribution in [1.82, 2.24) is 0 Å². The number of fused-ring (bicyclic) bond motifs is 1. The highest BCUT2D eigenvalue weighted by Gasteiger charge is 2.16. The monoisotopic (exact) mass is 287 g/mol. The molecule has 2 heterocycles. The van der Waals surface area contributed by atoms with Crippen LogP contribution in [-0.4, -0.2) is 18.4 Å². The first kappa shape index (κ1) is 12.7. The third kappa shape index (κ3) is 2.25. The van der Waals surface area contributed by atoms with E-state index in [4.69, 9.17) is 5.73 Å². The smallest absolute Gasteiger partial charge is 0.256 e. The van der Waals surface area contributed by atoms with Gasteiger partial charge in [0, 0.05) is 17.8 Å². The highest BCUT2D eigenvalue weighted by atomic mass is 32.1. The van der Waals surface area contributed by atoms with E-state index >= 15 is 0 Å². The molecule has 0 bridgehead atoms. The lowest BCUT2D eigenvalue weighted by molar-refractivity contribution is 0.100. The molecule has 0 saturated carbocycles. The van der Waals surface area contributed by atoms with E-state index in [-0.39, 0.29) is 5.91 Å². The summed E-state index contributed by atoms with van der Waals surface area (Å²) in [6.07, 6.45) is 0.980. The van der Waals surface area contributed by atoms with Crippen molar-refractivity contribution in [3.63, 3.8) is 0 Å². The number of carbonyl (C=O) groups is 2. The number of benzene rings is 1. The molecule has 0 unspecified atom stereocenters. The van der Waals surface area contributed by atoms with E-state index in [2.05, 4.69) is 10.6 Å². The van der Waals surface area contributed by atoms with Crippen LogP contribution in [0, 0.1) is 0 Å². The molecule has 1 aliphatic heterocycles. The quantitative estimate of drug-likeness (QED) is 0.808. The molecule has 1 aromatic carbocycles. The number of amides is 2. The summed E-state index contributed by atoms with van der Waals surface area (Å²) in [5, 5.41) is 8.17. The van der Waals surface area contributed by atoms with Gasteiger partial charge in [0.05, 0.1) is 5.56 Å². The molecule has 6 heteroatoms. The fourth-order valence-electron chi connectivity index (χ4n) is 2.21. The SMILES string of the molecule is NC(=O)c1ccsc1NC(=O)c1ccc2c(c1)NCC2. The normalized spacial score (nSPS) is 12.6. The summed E-state index contributed by atoms with van der Waals surface area (Å²) in [4.78, 5) is 23.4. The molecule has 0 radical (unpaired) electrons. The third-order valence-electron chi connectivity index (χ3n) is 3.24. The van der Waals surface area contributed by atoms with Gasteiger partial charge in [-0.05, 0) is 35.6 Å². The van der Waals surface area contributed by atoms with Crippen molar-refractivity contribution >= 4 is 33.8 Å². The summed E-state index contributed by atoms with van der Waals surface area (Å²) in [6, 6.07) is 7.18. The Hall–Kier alpha value is -2.34. The van der Waals surface area contributed by atoms with Gasteiger partial charge in [-0.3, -0.25) is 9.59 Å². The number of primary amides is 1. The Morgan fingerprint density at radius 3 is 2.95 bits per heavy atom. The minimum Gasteiger partial charge on any atom is -0.384 e. The zero-order valence-corrected chi connectivity index (χ0v) is 11.4. The molecule has 1 aromatic heterocycles. The fourth-order valence-corrected chi connectivity index (χ4v) is 2.99. The standard InChI is InChI=1S/C14H13N3O2S/c15-12(18)10-4-6-20-14(10)17-13(19)9-2-1-8-3-5-16-11(8)7-9/h1-2,4,6-7,16H,3,5H2,(H2,15,18)(H,17,19). The van der Waals surface area contributed by atoms with Crippen LogP contribution in [0.25, 0.3) is 0 Å². The molecule has 0 atom stereocenters. The number of anilines is 2. The van der Waals surface area contributed by atoms with Crippen LogP contribution in [0.1, 0.15) is 26.3 Å². The van der Waals surface area contributed by atoms with Crippen LogP contribution in [0.3, 0.4) is 0 Å². The lowest BCUT2D eigenvalue weighted by atomic mass is 10.1. The topological polar surface area (TPSA) is 84.2 Å². The van der Waals surface area contributed by atoms with Crippen LogP contribution >= 0.6 is 11.3 Å². The van der Waals surface area contributed by atoms with Crippen molar-refractivity contribution in [3.8, 4) is 0 Å². The summed E-state index contributed by atoms with van der Waals surface area (Å²) < 4.78 is 0. The van der Waals surface area contributed by atoms with Crippen molar-refractivity contribution in [2.24, 2.45) is 5.73 Å². The van der Waals surface area contributed by atoms with Gasteiger partial charge in [0.15, 0.2) is 0 Å². The molecule has 0 spiro atoms. The molecule has 3 rings (SSSR count). The van der Waals surface area contributed by atoms with E-state index < -0.39 is 5.91 Å². The zero-order chi connectivity index (χ0) is 14.1. The van der Waals surface area contributed by atoms with Crippen molar-refractivity contribution in [2.45, 2.75) is 6.42 Å². The largest absolute Gasteiger partial charge is 0.384 e. The van der Waals surface area contributed by atoms with Crippen molar-refractivity contribution in [1.29, 1.82) is 0 Å². The van der Waals surface area contributed by atoms with Gasteiger partial charge < -0.3 is 16.4 Å². The molecule has 5 nitrogen and oxygen atoms in total. The minimum atomic E-state index is -0.544. The third-order valence-corrected chi connectivity index (χ3v) is 4.07. The van der Waals surface area contributed by atoms with Crippen LogP contribution in [0.2, 0.25) is 0 Å². The Kier molecular flexibility index (Phi) is 3.15. The Morgan fingerprint density at radius 1 is 1.30 bits per heavy atom. The number of hydrogen-bond acceptors (Lipinski definition) is 4. The highest BCUT2D eigenvalue weighted by Crippen LogP contribution is 2.26. The minimum absolute atomic E-state index is 0.244.